The minimum atomic E-state index is -0.257. The SMILES string of the molecule is C.C.C.CC.CN1C(=O)C2C3C=CC(O3)C2C1=O.O=C1NC(=O)C2C3C=CC(O3)C12. The van der Waals surface area contributed by atoms with Gasteiger partial charge in [-0.25, -0.2) is 0 Å². The summed E-state index contributed by atoms with van der Waals surface area (Å²) in [5.74, 6) is -1.54. The van der Waals surface area contributed by atoms with E-state index in [0.717, 1.165) is 0 Å². The first kappa shape index (κ1) is 25.7. The van der Waals surface area contributed by atoms with Crippen molar-refractivity contribution >= 4 is 23.6 Å². The molecule has 0 spiro atoms. The Hall–Kier alpha value is -2.32. The molecule has 0 aromatic rings. The van der Waals surface area contributed by atoms with E-state index in [1.165, 1.54) is 4.90 Å². The molecule has 6 aliphatic heterocycles. The Bertz CT molecular complexity index is 718. The molecule has 8 unspecified atom stereocenters. The van der Waals surface area contributed by atoms with E-state index in [0.29, 0.717) is 0 Å². The number of amides is 4. The van der Waals surface area contributed by atoms with Gasteiger partial charge in [-0.1, -0.05) is 60.4 Å². The average molecular weight is 423 g/mol. The average Bonchev–Trinajstić information content (AvgIpc) is 3.49. The Kier molecular flexibility index (Phi) is 7.90. The van der Waals surface area contributed by atoms with Gasteiger partial charge in [0.05, 0.1) is 48.1 Å². The Balaban J connectivity index is 0.000000254. The molecule has 4 saturated heterocycles. The van der Waals surface area contributed by atoms with E-state index in [-0.39, 0.29) is 94.0 Å². The highest BCUT2D eigenvalue weighted by molar-refractivity contribution is 6.07. The molecule has 6 aliphatic rings. The first-order valence-corrected chi connectivity index (χ1v) is 9.31. The number of ether oxygens (including phenoxy) is 2. The molecule has 4 fully saturated rings. The highest BCUT2D eigenvalue weighted by atomic mass is 16.5. The van der Waals surface area contributed by atoms with E-state index in [1.807, 2.05) is 38.2 Å². The number of fused-ring (bicyclic) bond motifs is 10. The van der Waals surface area contributed by atoms with Crippen LogP contribution in [0, 0.1) is 23.7 Å². The van der Waals surface area contributed by atoms with Gasteiger partial charge in [-0.3, -0.25) is 29.4 Å². The van der Waals surface area contributed by atoms with Crippen molar-refractivity contribution in [2.24, 2.45) is 23.7 Å². The number of nitrogens with zero attached hydrogens (tertiary/aromatic N) is 1. The number of carbonyl (C=O) groups excluding carboxylic acids is 4. The van der Waals surface area contributed by atoms with Crippen molar-refractivity contribution in [1.29, 1.82) is 0 Å². The second kappa shape index (κ2) is 9.22. The van der Waals surface area contributed by atoms with Gasteiger partial charge in [0.25, 0.3) is 0 Å². The van der Waals surface area contributed by atoms with E-state index in [4.69, 9.17) is 9.47 Å². The van der Waals surface area contributed by atoms with Gasteiger partial charge in [0, 0.05) is 7.05 Å². The van der Waals surface area contributed by atoms with Gasteiger partial charge in [0.15, 0.2) is 0 Å². The minimum Gasteiger partial charge on any atom is -0.365 e. The molecular weight excluding hydrogens is 388 g/mol. The Morgan fingerprint density at radius 1 is 0.667 bits per heavy atom. The molecule has 6 rings (SSSR count). The third-order valence-electron chi connectivity index (χ3n) is 5.88. The third kappa shape index (κ3) is 3.41. The number of hydrogen-bond acceptors (Lipinski definition) is 6. The summed E-state index contributed by atoms with van der Waals surface area (Å²) < 4.78 is 10.8. The second-order valence-electron chi connectivity index (χ2n) is 7.09. The number of rotatable bonds is 0. The summed E-state index contributed by atoms with van der Waals surface area (Å²) in [5.41, 5.74) is 0. The van der Waals surface area contributed by atoms with Crippen molar-refractivity contribution in [3.63, 3.8) is 0 Å². The molecule has 0 aromatic heterocycles. The van der Waals surface area contributed by atoms with Gasteiger partial charge in [-0.2, -0.15) is 0 Å². The summed E-state index contributed by atoms with van der Waals surface area (Å²) in [6.07, 6.45) is 6.87. The number of imide groups is 2. The van der Waals surface area contributed by atoms with Crippen LogP contribution in [-0.4, -0.2) is 60.0 Å². The van der Waals surface area contributed by atoms with Crippen molar-refractivity contribution in [1.82, 2.24) is 10.2 Å². The smallest absolute Gasteiger partial charge is 0.235 e. The van der Waals surface area contributed by atoms with Crippen LogP contribution in [0.5, 0.6) is 0 Å². The van der Waals surface area contributed by atoms with Gasteiger partial charge in [-0.05, 0) is 0 Å². The predicted molar refractivity (Wildman–Crippen MR) is 112 cm³/mol. The summed E-state index contributed by atoms with van der Waals surface area (Å²) in [5, 5.41) is 2.32. The standard InChI is InChI=1S/C9H9NO3.C8H7NO3.C2H6.3CH4/c1-10-8(11)6-4-2-3-5(13-4)7(6)9(10)12;10-7-5-3-1-2-4(12-3)6(5)8(11)9-7;1-2;;;/h2-7H,1H3;1-6H,(H,9,10,11);1-2H3;3*1H4. The molecule has 0 saturated carbocycles. The van der Waals surface area contributed by atoms with E-state index in [1.54, 1.807) is 7.05 Å². The minimum absolute atomic E-state index is 0. The number of carbonyl (C=O) groups is 4. The molecular formula is C22H34N2O6. The monoisotopic (exact) mass is 422 g/mol. The molecule has 4 bridgehead atoms. The van der Waals surface area contributed by atoms with E-state index < -0.39 is 0 Å². The van der Waals surface area contributed by atoms with Crippen LogP contribution in [-0.2, 0) is 28.7 Å². The zero-order chi connectivity index (χ0) is 19.5. The summed E-state index contributed by atoms with van der Waals surface area (Å²) in [4.78, 5) is 46.8. The third-order valence-corrected chi connectivity index (χ3v) is 5.88. The van der Waals surface area contributed by atoms with Gasteiger partial charge < -0.3 is 9.47 Å². The molecule has 168 valence electrons. The van der Waals surface area contributed by atoms with Crippen LogP contribution in [0.25, 0.3) is 0 Å². The fourth-order valence-corrected chi connectivity index (χ4v) is 4.67. The lowest BCUT2D eigenvalue weighted by molar-refractivity contribution is -0.140. The first-order chi connectivity index (χ1) is 13.0. The zero-order valence-corrected chi connectivity index (χ0v) is 15.3. The summed E-state index contributed by atoms with van der Waals surface area (Å²) in [6.45, 7) is 4.00. The van der Waals surface area contributed by atoms with Gasteiger partial charge in [-0.15, -0.1) is 0 Å². The Morgan fingerprint density at radius 2 is 0.967 bits per heavy atom. The molecule has 0 aromatic carbocycles. The molecule has 8 nitrogen and oxygen atoms in total. The molecule has 30 heavy (non-hydrogen) atoms. The summed E-state index contributed by atoms with van der Waals surface area (Å²) in [6, 6.07) is 0. The van der Waals surface area contributed by atoms with Crippen LogP contribution in [0.1, 0.15) is 36.1 Å². The summed E-state index contributed by atoms with van der Waals surface area (Å²) >= 11 is 0. The van der Waals surface area contributed by atoms with Crippen LogP contribution >= 0.6 is 0 Å². The fourth-order valence-electron chi connectivity index (χ4n) is 4.67. The molecule has 0 aliphatic carbocycles. The molecule has 8 heteroatoms. The normalized spacial score (nSPS) is 39.6. The van der Waals surface area contributed by atoms with E-state index in [9.17, 15) is 19.2 Å². The van der Waals surface area contributed by atoms with Crippen LogP contribution in [0.15, 0.2) is 24.3 Å². The zero-order valence-electron chi connectivity index (χ0n) is 15.3. The number of likely N-dealkylation sites (tertiary alicyclic amines) is 1. The van der Waals surface area contributed by atoms with Crippen molar-refractivity contribution in [2.75, 3.05) is 7.05 Å². The van der Waals surface area contributed by atoms with Crippen LogP contribution < -0.4 is 5.32 Å². The maximum atomic E-state index is 11.6. The molecule has 1 N–H and O–H groups in total. The second-order valence-corrected chi connectivity index (χ2v) is 7.09. The van der Waals surface area contributed by atoms with Crippen molar-refractivity contribution < 1.29 is 28.7 Å². The number of hydrogen-bond donors (Lipinski definition) is 1. The maximum absolute atomic E-state index is 11.6. The molecule has 8 atom stereocenters. The highest BCUT2D eigenvalue weighted by Crippen LogP contribution is 2.44. The Morgan fingerprint density at radius 3 is 1.30 bits per heavy atom. The lowest BCUT2D eigenvalue weighted by atomic mass is 9.85. The van der Waals surface area contributed by atoms with E-state index >= 15 is 0 Å². The topological polar surface area (TPSA) is 102 Å². The predicted octanol–water partition coefficient (Wildman–Crippen LogP) is 1.70. The Labute approximate surface area is 178 Å². The summed E-state index contributed by atoms with van der Waals surface area (Å²) in [7, 11) is 1.54. The highest BCUT2D eigenvalue weighted by Gasteiger charge is 2.59. The van der Waals surface area contributed by atoms with Gasteiger partial charge in [0.1, 0.15) is 0 Å². The van der Waals surface area contributed by atoms with Crippen molar-refractivity contribution in [2.45, 2.75) is 60.5 Å². The van der Waals surface area contributed by atoms with Gasteiger partial charge in [0.2, 0.25) is 23.6 Å². The fraction of sp³-hybridized carbons (Fsp3) is 0.636. The van der Waals surface area contributed by atoms with Crippen molar-refractivity contribution in [3.8, 4) is 0 Å². The van der Waals surface area contributed by atoms with Crippen LogP contribution in [0.2, 0.25) is 0 Å². The molecule has 6 heterocycles. The lowest BCUT2D eigenvalue weighted by Crippen LogP contribution is -2.30. The van der Waals surface area contributed by atoms with Crippen LogP contribution in [0.4, 0.5) is 0 Å². The lowest BCUT2D eigenvalue weighted by Gasteiger charge is -2.10. The van der Waals surface area contributed by atoms with E-state index in [2.05, 4.69) is 5.32 Å². The number of nitrogens with one attached hydrogen (secondary N) is 1. The largest absolute Gasteiger partial charge is 0.365 e. The first-order valence-electron chi connectivity index (χ1n) is 9.31. The quantitative estimate of drug-likeness (QED) is 0.471. The van der Waals surface area contributed by atoms with Crippen LogP contribution in [0.3, 0.4) is 0 Å². The van der Waals surface area contributed by atoms with Crippen molar-refractivity contribution in [3.05, 3.63) is 24.3 Å². The molecule has 4 amide bonds. The molecule has 0 radical (unpaired) electrons. The maximum Gasteiger partial charge on any atom is 0.235 e. The van der Waals surface area contributed by atoms with Gasteiger partial charge >= 0.3 is 0 Å².